The number of ether oxygens (including phenoxy) is 1. The van der Waals surface area contributed by atoms with Gasteiger partial charge in [0.15, 0.2) is 11.9 Å². The quantitative estimate of drug-likeness (QED) is 0.632. The molecule has 3 amide bonds. The molecule has 2 heterocycles. The van der Waals surface area contributed by atoms with Crippen LogP contribution in [0.1, 0.15) is 37.6 Å². The van der Waals surface area contributed by atoms with Crippen LogP contribution >= 0.6 is 0 Å². The Morgan fingerprint density at radius 3 is 2.59 bits per heavy atom. The lowest BCUT2D eigenvalue weighted by Crippen LogP contribution is -2.56. The molecule has 0 bridgehead atoms. The number of hydrogen-bond acceptors (Lipinski definition) is 5. The highest BCUT2D eigenvalue weighted by molar-refractivity contribution is 6.00. The van der Waals surface area contributed by atoms with Gasteiger partial charge in [-0.1, -0.05) is 20.8 Å². The molecular formula is C18H26N4O5. The molecule has 2 rings (SSSR count). The first-order valence-electron chi connectivity index (χ1n) is 8.65. The Kier molecular flexibility index (Phi) is 6.04. The third kappa shape index (κ3) is 4.94. The van der Waals surface area contributed by atoms with E-state index in [0.717, 1.165) is 4.90 Å². The minimum Gasteiger partial charge on any atom is -0.367 e. The number of hydrogen-bond donors (Lipinski definition) is 3. The van der Waals surface area contributed by atoms with Crippen molar-refractivity contribution in [3.05, 3.63) is 24.0 Å². The van der Waals surface area contributed by atoms with Crippen LogP contribution in [0.25, 0.3) is 0 Å². The maximum atomic E-state index is 13.1. The molecule has 0 aromatic carbocycles. The summed E-state index contributed by atoms with van der Waals surface area (Å²) in [5, 5.41) is 2.72. The third-order valence-electron chi connectivity index (χ3n) is 4.35. The van der Waals surface area contributed by atoms with Crippen molar-refractivity contribution >= 4 is 23.5 Å². The molecule has 4 N–H and O–H groups in total. The molecule has 1 aromatic heterocycles. The minimum atomic E-state index is -1.19. The van der Waals surface area contributed by atoms with E-state index < -0.39 is 41.7 Å². The number of Topliss-reactive ketones (excluding diaryl/α,β-unsaturated/α-hetero) is 1. The number of carbonyl (C=O) groups excluding carboxylic acids is 4. The molecule has 0 aliphatic carbocycles. The summed E-state index contributed by atoms with van der Waals surface area (Å²) in [6.45, 7) is 5.53. The molecule has 9 nitrogen and oxygen atoms in total. The van der Waals surface area contributed by atoms with Crippen LogP contribution in [0.3, 0.4) is 0 Å². The summed E-state index contributed by atoms with van der Waals surface area (Å²) in [5.74, 6) is -2.10. The van der Waals surface area contributed by atoms with Crippen molar-refractivity contribution in [1.82, 2.24) is 15.2 Å². The maximum Gasteiger partial charge on any atom is 0.253 e. The first-order valence-corrected chi connectivity index (χ1v) is 8.65. The average molecular weight is 378 g/mol. The fourth-order valence-corrected chi connectivity index (χ4v) is 3.08. The first kappa shape index (κ1) is 20.6. The van der Waals surface area contributed by atoms with Gasteiger partial charge in [0.05, 0.1) is 5.56 Å². The van der Waals surface area contributed by atoms with Crippen LogP contribution in [-0.4, -0.2) is 65.2 Å². The highest BCUT2D eigenvalue weighted by Gasteiger charge is 2.45. The fraction of sp³-hybridized carbons (Fsp3) is 0.556. The zero-order valence-corrected chi connectivity index (χ0v) is 15.9. The van der Waals surface area contributed by atoms with E-state index in [1.54, 1.807) is 12.3 Å². The van der Waals surface area contributed by atoms with Crippen LogP contribution in [0.15, 0.2) is 18.5 Å². The van der Waals surface area contributed by atoms with Crippen LogP contribution < -0.4 is 11.1 Å². The van der Waals surface area contributed by atoms with Crippen molar-refractivity contribution in [2.75, 3.05) is 13.7 Å². The van der Waals surface area contributed by atoms with Gasteiger partial charge < -0.3 is 25.7 Å². The average Bonchev–Trinajstić information content (AvgIpc) is 3.21. The maximum absolute atomic E-state index is 13.1. The summed E-state index contributed by atoms with van der Waals surface area (Å²) in [6.07, 6.45) is 2.28. The van der Waals surface area contributed by atoms with Crippen LogP contribution in [0.2, 0.25) is 0 Å². The number of aromatic amines is 1. The summed E-state index contributed by atoms with van der Waals surface area (Å²) in [7, 11) is 1.41. The van der Waals surface area contributed by atoms with Crippen LogP contribution in [0.5, 0.6) is 0 Å². The molecule has 1 aromatic rings. The van der Waals surface area contributed by atoms with Gasteiger partial charge in [0, 0.05) is 19.4 Å². The van der Waals surface area contributed by atoms with Crippen molar-refractivity contribution in [2.45, 2.75) is 45.4 Å². The number of nitrogens with zero attached hydrogens (tertiary/aromatic N) is 1. The SMILES string of the molecule is CN(C(=O)[C@H](CC(C)(C)C)NC(=O)c1cc[nH]c1)C1C(=O)COC1C(N)=O. The second-order valence-corrected chi connectivity index (χ2v) is 7.88. The lowest BCUT2D eigenvalue weighted by molar-refractivity contribution is -0.141. The minimum absolute atomic E-state index is 0.272. The van der Waals surface area contributed by atoms with E-state index in [4.69, 9.17) is 10.5 Å². The largest absolute Gasteiger partial charge is 0.367 e. The highest BCUT2D eigenvalue weighted by Crippen LogP contribution is 2.24. The monoisotopic (exact) mass is 378 g/mol. The molecule has 148 valence electrons. The second kappa shape index (κ2) is 7.91. The number of rotatable bonds is 6. The molecule has 9 heteroatoms. The molecule has 1 aliphatic heterocycles. The molecule has 0 saturated carbocycles. The molecule has 2 unspecified atom stereocenters. The van der Waals surface area contributed by atoms with Gasteiger partial charge in [-0.2, -0.15) is 0 Å². The van der Waals surface area contributed by atoms with Crippen molar-refractivity contribution in [3.8, 4) is 0 Å². The van der Waals surface area contributed by atoms with Gasteiger partial charge >= 0.3 is 0 Å². The van der Waals surface area contributed by atoms with E-state index >= 15 is 0 Å². The normalized spacial score (nSPS) is 21.0. The number of amides is 3. The standard InChI is InChI=1S/C18H26N4O5/c1-18(2,3)7-11(21-16(25)10-5-6-20-8-10)17(26)22(4)13-12(23)9-27-14(13)15(19)24/h5-6,8,11,13-14,20H,7,9H2,1-4H3,(H2,19,24)(H,21,25)/t11-,13?,14?/m0/s1. The Morgan fingerprint density at radius 1 is 1.41 bits per heavy atom. The smallest absolute Gasteiger partial charge is 0.253 e. The molecule has 1 aliphatic rings. The molecular weight excluding hydrogens is 352 g/mol. The zero-order chi connectivity index (χ0) is 20.4. The van der Waals surface area contributed by atoms with E-state index in [1.165, 1.54) is 13.2 Å². The van der Waals surface area contributed by atoms with Crippen molar-refractivity contribution in [2.24, 2.45) is 11.1 Å². The van der Waals surface area contributed by atoms with E-state index in [9.17, 15) is 19.2 Å². The van der Waals surface area contributed by atoms with Gasteiger partial charge in [-0.15, -0.1) is 0 Å². The van der Waals surface area contributed by atoms with Crippen LogP contribution in [0, 0.1) is 5.41 Å². The number of carbonyl (C=O) groups is 4. The Hall–Kier alpha value is -2.68. The van der Waals surface area contributed by atoms with Gasteiger partial charge in [-0.05, 0) is 17.9 Å². The van der Waals surface area contributed by atoms with Crippen molar-refractivity contribution < 1.29 is 23.9 Å². The third-order valence-corrected chi connectivity index (χ3v) is 4.35. The fourth-order valence-electron chi connectivity index (χ4n) is 3.08. The predicted molar refractivity (Wildman–Crippen MR) is 96.6 cm³/mol. The van der Waals surface area contributed by atoms with Gasteiger partial charge in [0.1, 0.15) is 18.7 Å². The topological polar surface area (TPSA) is 135 Å². The summed E-state index contributed by atoms with van der Waals surface area (Å²) < 4.78 is 5.12. The number of ketones is 1. The molecule has 1 saturated heterocycles. The Morgan fingerprint density at radius 2 is 2.07 bits per heavy atom. The van der Waals surface area contributed by atoms with Gasteiger partial charge in [-0.25, -0.2) is 0 Å². The summed E-state index contributed by atoms with van der Waals surface area (Å²) in [5.41, 5.74) is 5.40. The molecule has 1 fully saturated rings. The van der Waals surface area contributed by atoms with Gasteiger partial charge in [-0.3, -0.25) is 19.2 Å². The molecule has 3 atom stereocenters. The predicted octanol–water partition coefficient (Wildman–Crippen LogP) is -0.170. The number of H-pyrrole nitrogens is 1. The second-order valence-electron chi connectivity index (χ2n) is 7.88. The Bertz CT molecular complexity index is 723. The summed E-state index contributed by atoms with van der Waals surface area (Å²) >= 11 is 0. The molecule has 0 spiro atoms. The number of nitrogens with one attached hydrogen (secondary N) is 2. The lowest BCUT2D eigenvalue weighted by atomic mass is 9.87. The number of aromatic nitrogens is 1. The van der Waals surface area contributed by atoms with Crippen molar-refractivity contribution in [3.63, 3.8) is 0 Å². The van der Waals surface area contributed by atoms with Crippen molar-refractivity contribution in [1.29, 1.82) is 0 Å². The number of likely N-dealkylation sites (N-methyl/N-ethyl adjacent to an activating group) is 1. The van der Waals surface area contributed by atoms with Gasteiger partial charge in [0.2, 0.25) is 11.8 Å². The number of primary amides is 1. The number of nitrogens with two attached hydrogens (primary N) is 1. The van der Waals surface area contributed by atoms with E-state index in [0.29, 0.717) is 12.0 Å². The zero-order valence-electron chi connectivity index (χ0n) is 15.9. The van der Waals surface area contributed by atoms with E-state index in [1.807, 2.05) is 20.8 Å². The Balaban J connectivity index is 2.22. The first-order chi connectivity index (χ1) is 12.5. The summed E-state index contributed by atoms with van der Waals surface area (Å²) in [4.78, 5) is 53.1. The molecule has 27 heavy (non-hydrogen) atoms. The lowest BCUT2D eigenvalue weighted by Gasteiger charge is -2.32. The molecule has 0 radical (unpaired) electrons. The summed E-state index contributed by atoms with van der Waals surface area (Å²) in [6, 6.07) is -0.379. The highest BCUT2D eigenvalue weighted by atomic mass is 16.5. The van der Waals surface area contributed by atoms with Crippen LogP contribution in [0.4, 0.5) is 0 Å². The Labute approximate surface area is 157 Å². The van der Waals surface area contributed by atoms with E-state index in [-0.39, 0.29) is 12.0 Å². The van der Waals surface area contributed by atoms with Crippen LogP contribution in [-0.2, 0) is 19.1 Å². The van der Waals surface area contributed by atoms with E-state index in [2.05, 4.69) is 10.3 Å². The van der Waals surface area contributed by atoms with Gasteiger partial charge in [0.25, 0.3) is 5.91 Å².